The van der Waals surface area contributed by atoms with Crippen LogP contribution in [0, 0.1) is 5.92 Å². The van der Waals surface area contributed by atoms with E-state index in [4.69, 9.17) is 0 Å². The molecule has 3 nitrogen and oxygen atoms in total. The summed E-state index contributed by atoms with van der Waals surface area (Å²) >= 11 is 1.68. The highest BCUT2D eigenvalue weighted by atomic mass is 32.2. The van der Waals surface area contributed by atoms with Crippen molar-refractivity contribution in [2.24, 2.45) is 5.92 Å². The summed E-state index contributed by atoms with van der Waals surface area (Å²) in [6.07, 6.45) is 2.60. The number of amides is 1. The monoisotopic (exact) mass is 396 g/mol. The molecule has 4 heteroatoms. The molecule has 0 radical (unpaired) electrons. The first-order chi connectivity index (χ1) is 13.5. The van der Waals surface area contributed by atoms with E-state index in [1.807, 2.05) is 25.1 Å². The number of hydrogen-bond donors (Lipinski definition) is 1. The molecule has 0 saturated carbocycles. The minimum Gasteiger partial charge on any atom is -0.371 e. The molecule has 1 aliphatic heterocycles. The molecule has 150 valence electrons. The standard InChI is InChI=1S/C24H32N2OS/c1-18-8-7-15-26(16-18)23-13-11-22(12-14-23)19(2)25-24(27)20(3)28-17-21-9-5-4-6-10-21/h4-6,9-14,18-20H,7-8,15-17H2,1-3H3,(H,25,27). The van der Waals surface area contributed by atoms with Crippen LogP contribution in [0.1, 0.15) is 50.8 Å². The highest BCUT2D eigenvalue weighted by Crippen LogP contribution is 2.25. The van der Waals surface area contributed by atoms with E-state index in [1.54, 1.807) is 11.8 Å². The molecule has 2 aromatic rings. The molecule has 1 N–H and O–H groups in total. The van der Waals surface area contributed by atoms with Crippen molar-refractivity contribution in [2.75, 3.05) is 18.0 Å². The lowest BCUT2D eigenvalue weighted by Crippen LogP contribution is -2.34. The number of carbonyl (C=O) groups is 1. The number of hydrogen-bond acceptors (Lipinski definition) is 3. The molecule has 3 unspecified atom stereocenters. The molecule has 3 atom stereocenters. The zero-order chi connectivity index (χ0) is 19.9. The van der Waals surface area contributed by atoms with Crippen molar-refractivity contribution in [2.45, 2.75) is 50.7 Å². The molecule has 0 spiro atoms. The van der Waals surface area contributed by atoms with E-state index < -0.39 is 0 Å². The highest BCUT2D eigenvalue weighted by molar-refractivity contribution is 7.99. The highest BCUT2D eigenvalue weighted by Gasteiger charge is 2.19. The molecule has 2 aromatic carbocycles. The van der Waals surface area contributed by atoms with E-state index in [9.17, 15) is 4.79 Å². The van der Waals surface area contributed by atoms with Gasteiger partial charge in [-0.05, 0) is 55.9 Å². The lowest BCUT2D eigenvalue weighted by atomic mass is 9.99. The Hall–Kier alpha value is -1.94. The van der Waals surface area contributed by atoms with E-state index >= 15 is 0 Å². The van der Waals surface area contributed by atoms with Crippen molar-refractivity contribution in [3.8, 4) is 0 Å². The fourth-order valence-corrected chi connectivity index (χ4v) is 4.54. The Labute approximate surface area is 173 Å². The Morgan fingerprint density at radius 2 is 1.86 bits per heavy atom. The minimum atomic E-state index is -0.0724. The molecular formula is C24H32N2OS. The van der Waals surface area contributed by atoms with Crippen LogP contribution in [0.15, 0.2) is 54.6 Å². The van der Waals surface area contributed by atoms with E-state index in [2.05, 4.69) is 60.5 Å². The Bertz CT molecular complexity index is 747. The summed E-state index contributed by atoms with van der Waals surface area (Å²) in [7, 11) is 0. The third kappa shape index (κ3) is 5.78. The predicted molar refractivity (Wildman–Crippen MR) is 121 cm³/mol. The van der Waals surface area contributed by atoms with Gasteiger partial charge in [0.25, 0.3) is 0 Å². The maximum atomic E-state index is 12.6. The summed E-state index contributed by atoms with van der Waals surface area (Å²) in [4.78, 5) is 15.0. The third-order valence-corrected chi connectivity index (χ3v) is 6.70. The van der Waals surface area contributed by atoms with Gasteiger partial charge in [-0.15, -0.1) is 11.8 Å². The van der Waals surface area contributed by atoms with Gasteiger partial charge >= 0.3 is 0 Å². The van der Waals surface area contributed by atoms with Crippen LogP contribution < -0.4 is 10.2 Å². The SMILES string of the molecule is CC1CCCN(c2ccc(C(C)NC(=O)C(C)SCc3ccccc3)cc2)C1. The van der Waals surface area contributed by atoms with Gasteiger partial charge in [0.1, 0.15) is 0 Å². The first-order valence-electron chi connectivity index (χ1n) is 10.3. The van der Waals surface area contributed by atoms with Crippen LogP contribution in [-0.2, 0) is 10.5 Å². The van der Waals surface area contributed by atoms with Crippen LogP contribution in [0.25, 0.3) is 0 Å². The second-order valence-corrected chi connectivity index (χ2v) is 9.28. The first kappa shape index (κ1) is 20.8. The van der Waals surface area contributed by atoms with Crippen LogP contribution >= 0.6 is 11.8 Å². The lowest BCUT2D eigenvalue weighted by molar-refractivity contribution is -0.120. The van der Waals surface area contributed by atoms with Gasteiger partial charge in [0.2, 0.25) is 5.91 Å². The summed E-state index contributed by atoms with van der Waals surface area (Å²) in [5.41, 5.74) is 3.70. The van der Waals surface area contributed by atoms with Gasteiger partial charge in [0.05, 0.1) is 11.3 Å². The summed E-state index contributed by atoms with van der Waals surface area (Å²) in [6, 6.07) is 19.0. The molecule has 1 amide bonds. The van der Waals surface area contributed by atoms with Crippen LogP contribution in [0.4, 0.5) is 5.69 Å². The summed E-state index contributed by atoms with van der Waals surface area (Å²) < 4.78 is 0. The number of anilines is 1. The second-order valence-electron chi connectivity index (χ2n) is 7.95. The molecule has 1 aliphatic rings. The van der Waals surface area contributed by atoms with Gasteiger partial charge in [0, 0.05) is 24.5 Å². The zero-order valence-electron chi connectivity index (χ0n) is 17.2. The topological polar surface area (TPSA) is 32.3 Å². The Kier molecular flexibility index (Phi) is 7.43. The van der Waals surface area contributed by atoms with Gasteiger partial charge in [-0.3, -0.25) is 4.79 Å². The Balaban J connectivity index is 1.50. The van der Waals surface area contributed by atoms with Crippen LogP contribution in [-0.4, -0.2) is 24.2 Å². The number of nitrogens with zero attached hydrogens (tertiary/aromatic N) is 1. The Morgan fingerprint density at radius 1 is 1.14 bits per heavy atom. The van der Waals surface area contributed by atoms with E-state index in [0.717, 1.165) is 30.3 Å². The Morgan fingerprint density at radius 3 is 2.54 bits per heavy atom. The molecule has 0 aromatic heterocycles. The minimum absolute atomic E-state index is 0.0154. The fraction of sp³-hybridized carbons (Fsp3) is 0.458. The van der Waals surface area contributed by atoms with Crippen molar-refractivity contribution in [1.82, 2.24) is 5.32 Å². The van der Waals surface area contributed by atoms with Gasteiger partial charge in [-0.1, -0.05) is 49.4 Å². The summed E-state index contributed by atoms with van der Waals surface area (Å²) in [5, 5.41) is 3.09. The van der Waals surface area contributed by atoms with E-state index in [1.165, 1.54) is 24.1 Å². The maximum absolute atomic E-state index is 12.6. The largest absolute Gasteiger partial charge is 0.371 e. The number of benzene rings is 2. The molecule has 28 heavy (non-hydrogen) atoms. The van der Waals surface area contributed by atoms with Crippen molar-refractivity contribution >= 4 is 23.4 Å². The molecule has 0 bridgehead atoms. The number of rotatable bonds is 7. The van der Waals surface area contributed by atoms with E-state index in [-0.39, 0.29) is 17.2 Å². The van der Waals surface area contributed by atoms with Gasteiger partial charge in [-0.2, -0.15) is 0 Å². The zero-order valence-corrected chi connectivity index (χ0v) is 18.0. The number of thioether (sulfide) groups is 1. The van der Waals surface area contributed by atoms with Crippen molar-refractivity contribution < 1.29 is 4.79 Å². The van der Waals surface area contributed by atoms with Crippen LogP contribution in [0.3, 0.4) is 0 Å². The molecular weight excluding hydrogens is 364 g/mol. The maximum Gasteiger partial charge on any atom is 0.233 e. The average Bonchev–Trinajstić information content (AvgIpc) is 2.72. The van der Waals surface area contributed by atoms with E-state index in [0.29, 0.717) is 0 Å². The predicted octanol–water partition coefficient (Wildman–Crippen LogP) is 5.42. The average molecular weight is 397 g/mol. The van der Waals surface area contributed by atoms with Crippen molar-refractivity contribution in [1.29, 1.82) is 0 Å². The van der Waals surface area contributed by atoms with Gasteiger partial charge in [-0.25, -0.2) is 0 Å². The molecule has 1 heterocycles. The molecule has 1 fully saturated rings. The normalized spacial score (nSPS) is 19.1. The number of nitrogens with one attached hydrogen (secondary N) is 1. The second kappa shape index (κ2) is 10.0. The number of piperidine rings is 1. The smallest absolute Gasteiger partial charge is 0.233 e. The molecule has 0 aliphatic carbocycles. The van der Waals surface area contributed by atoms with Crippen LogP contribution in [0.2, 0.25) is 0 Å². The quantitative estimate of drug-likeness (QED) is 0.678. The lowest BCUT2D eigenvalue weighted by Gasteiger charge is -2.33. The number of carbonyl (C=O) groups excluding carboxylic acids is 1. The fourth-order valence-electron chi connectivity index (χ4n) is 3.68. The van der Waals surface area contributed by atoms with Gasteiger partial charge in [0.15, 0.2) is 0 Å². The summed E-state index contributed by atoms with van der Waals surface area (Å²) in [5.74, 6) is 1.72. The molecule has 3 rings (SSSR count). The summed E-state index contributed by atoms with van der Waals surface area (Å²) in [6.45, 7) is 8.66. The van der Waals surface area contributed by atoms with Crippen molar-refractivity contribution in [3.63, 3.8) is 0 Å². The first-order valence-corrected chi connectivity index (χ1v) is 11.4. The van der Waals surface area contributed by atoms with Gasteiger partial charge < -0.3 is 10.2 Å². The van der Waals surface area contributed by atoms with Crippen LogP contribution in [0.5, 0.6) is 0 Å². The van der Waals surface area contributed by atoms with Crippen molar-refractivity contribution in [3.05, 3.63) is 65.7 Å². The third-order valence-electron chi connectivity index (χ3n) is 5.49. The molecule has 1 saturated heterocycles.